The first-order valence-corrected chi connectivity index (χ1v) is 6.81. The summed E-state index contributed by atoms with van der Waals surface area (Å²) in [6, 6.07) is 2.16. The third-order valence-corrected chi connectivity index (χ3v) is 3.79. The standard InChI is InChI=1S/C12H18N4OS/c1-4-8-7-9-10(14-5-6-17-3)15-12(13-2)16-11(9)18-8/h7H,4-6H2,1-3H3,(H2,13,14,15,16). The zero-order valence-corrected chi connectivity index (χ0v) is 11.7. The van der Waals surface area contributed by atoms with E-state index in [1.165, 1.54) is 4.88 Å². The van der Waals surface area contributed by atoms with Crippen LogP contribution in [0.25, 0.3) is 10.2 Å². The number of fused-ring (bicyclic) bond motifs is 1. The Balaban J connectivity index is 2.37. The Morgan fingerprint density at radius 2 is 2.22 bits per heavy atom. The molecule has 2 aromatic rings. The number of hydrogen-bond acceptors (Lipinski definition) is 6. The zero-order valence-electron chi connectivity index (χ0n) is 10.9. The van der Waals surface area contributed by atoms with Crippen molar-refractivity contribution in [2.24, 2.45) is 0 Å². The van der Waals surface area contributed by atoms with Crippen LogP contribution in [-0.2, 0) is 11.2 Å². The highest BCUT2D eigenvalue weighted by atomic mass is 32.1. The van der Waals surface area contributed by atoms with E-state index < -0.39 is 0 Å². The topological polar surface area (TPSA) is 59.1 Å². The largest absolute Gasteiger partial charge is 0.383 e. The first-order chi connectivity index (χ1) is 8.78. The van der Waals surface area contributed by atoms with Gasteiger partial charge >= 0.3 is 0 Å². The highest BCUT2D eigenvalue weighted by Crippen LogP contribution is 2.30. The summed E-state index contributed by atoms with van der Waals surface area (Å²) in [6.07, 6.45) is 1.02. The molecular weight excluding hydrogens is 248 g/mol. The van der Waals surface area contributed by atoms with Crippen molar-refractivity contribution in [3.63, 3.8) is 0 Å². The van der Waals surface area contributed by atoms with Gasteiger partial charge in [0.1, 0.15) is 10.6 Å². The van der Waals surface area contributed by atoms with Crippen molar-refractivity contribution < 1.29 is 4.74 Å². The van der Waals surface area contributed by atoms with Gasteiger partial charge in [0.2, 0.25) is 5.95 Å². The second-order valence-electron chi connectivity index (χ2n) is 3.85. The SMILES string of the molecule is CCc1cc2c(NCCOC)nc(NC)nc2s1. The van der Waals surface area contributed by atoms with Gasteiger partial charge in [-0.05, 0) is 12.5 Å². The molecule has 0 aliphatic heterocycles. The first kappa shape index (κ1) is 13.0. The van der Waals surface area contributed by atoms with E-state index in [4.69, 9.17) is 4.74 Å². The minimum absolute atomic E-state index is 0.645. The van der Waals surface area contributed by atoms with Crippen LogP contribution in [0.2, 0.25) is 0 Å². The molecule has 0 amide bonds. The lowest BCUT2D eigenvalue weighted by Crippen LogP contribution is -2.10. The molecule has 2 heterocycles. The average molecular weight is 266 g/mol. The third kappa shape index (κ3) is 2.70. The third-order valence-electron chi connectivity index (χ3n) is 2.61. The number of thiophene rings is 1. The number of aryl methyl sites for hydroxylation is 1. The lowest BCUT2D eigenvalue weighted by Gasteiger charge is -2.07. The summed E-state index contributed by atoms with van der Waals surface area (Å²) in [7, 11) is 3.52. The van der Waals surface area contributed by atoms with E-state index in [2.05, 4.69) is 33.6 Å². The van der Waals surface area contributed by atoms with Gasteiger partial charge < -0.3 is 15.4 Å². The number of hydrogen-bond donors (Lipinski definition) is 2. The number of nitrogens with one attached hydrogen (secondary N) is 2. The average Bonchev–Trinajstić information content (AvgIpc) is 2.81. The summed E-state index contributed by atoms with van der Waals surface area (Å²) in [4.78, 5) is 11.3. The fraction of sp³-hybridized carbons (Fsp3) is 0.500. The quantitative estimate of drug-likeness (QED) is 0.786. The predicted octanol–water partition coefficient (Wildman–Crippen LogP) is 2.35. The number of rotatable bonds is 6. The van der Waals surface area contributed by atoms with Crippen LogP contribution in [0, 0.1) is 0 Å². The molecule has 0 saturated carbocycles. The summed E-state index contributed by atoms with van der Waals surface area (Å²) in [6.45, 7) is 3.55. The van der Waals surface area contributed by atoms with Crippen LogP contribution in [0.3, 0.4) is 0 Å². The van der Waals surface area contributed by atoms with Crippen molar-refractivity contribution in [3.05, 3.63) is 10.9 Å². The Hall–Kier alpha value is -1.40. The molecule has 18 heavy (non-hydrogen) atoms. The van der Waals surface area contributed by atoms with Gasteiger partial charge in [-0.3, -0.25) is 0 Å². The molecule has 5 nitrogen and oxygen atoms in total. The van der Waals surface area contributed by atoms with E-state index in [1.807, 2.05) is 7.05 Å². The highest BCUT2D eigenvalue weighted by molar-refractivity contribution is 7.18. The van der Waals surface area contributed by atoms with E-state index in [0.717, 1.165) is 29.0 Å². The maximum atomic E-state index is 5.04. The Kier molecular flexibility index (Phi) is 4.33. The zero-order chi connectivity index (χ0) is 13.0. The summed E-state index contributed by atoms with van der Waals surface area (Å²) in [5.74, 6) is 1.52. The van der Waals surface area contributed by atoms with E-state index in [-0.39, 0.29) is 0 Å². The van der Waals surface area contributed by atoms with Gasteiger partial charge in [0, 0.05) is 25.6 Å². The summed E-state index contributed by atoms with van der Waals surface area (Å²) >= 11 is 1.72. The van der Waals surface area contributed by atoms with E-state index >= 15 is 0 Å². The van der Waals surface area contributed by atoms with Crippen LogP contribution >= 0.6 is 11.3 Å². The summed E-state index contributed by atoms with van der Waals surface area (Å²) in [5.41, 5.74) is 0. The number of nitrogens with zero attached hydrogens (tertiary/aromatic N) is 2. The minimum atomic E-state index is 0.645. The Labute approximate surface area is 111 Å². The number of aromatic nitrogens is 2. The van der Waals surface area contributed by atoms with E-state index in [9.17, 15) is 0 Å². The van der Waals surface area contributed by atoms with Crippen molar-refractivity contribution in [1.29, 1.82) is 0 Å². The molecule has 0 unspecified atom stereocenters. The number of anilines is 2. The smallest absolute Gasteiger partial charge is 0.225 e. The molecule has 2 aromatic heterocycles. The summed E-state index contributed by atoms with van der Waals surface area (Å²) < 4.78 is 5.04. The molecular formula is C12H18N4OS. The molecule has 2 N–H and O–H groups in total. The van der Waals surface area contributed by atoms with E-state index in [0.29, 0.717) is 12.6 Å². The molecule has 0 aliphatic rings. The second kappa shape index (κ2) is 5.97. The van der Waals surface area contributed by atoms with Crippen LogP contribution in [0.5, 0.6) is 0 Å². The van der Waals surface area contributed by atoms with Crippen LogP contribution in [0.1, 0.15) is 11.8 Å². The van der Waals surface area contributed by atoms with Crippen molar-refractivity contribution >= 4 is 33.3 Å². The maximum Gasteiger partial charge on any atom is 0.225 e. The lowest BCUT2D eigenvalue weighted by molar-refractivity contribution is 0.210. The number of methoxy groups -OCH3 is 1. The fourth-order valence-corrected chi connectivity index (χ4v) is 2.63. The molecule has 0 aromatic carbocycles. The minimum Gasteiger partial charge on any atom is -0.383 e. The normalized spacial score (nSPS) is 10.8. The van der Waals surface area contributed by atoms with Gasteiger partial charge in [-0.1, -0.05) is 6.92 Å². The van der Waals surface area contributed by atoms with Crippen LogP contribution in [-0.4, -0.2) is 37.3 Å². The van der Waals surface area contributed by atoms with Gasteiger partial charge in [-0.25, -0.2) is 4.98 Å². The monoisotopic (exact) mass is 266 g/mol. The molecule has 2 rings (SSSR count). The van der Waals surface area contributed by atoms with Crippen molar-refractivity contribution in [3.8, 4) is 0 Å². The molecule has 0 radical (unpaired) electrons. The highest BCUT2D eigenvalue weighted by Gasteiger charge is 2.10. The predicted molar refractivity (Wildman–Crippen MR) is 76.7 cm³/mol. The molecule has 0 spiro atoms. The Bertz CT molecular complexity index is 526. The Morgan fingerprint density at radius 3 is 2.89 bits per heavy atom. The molecule has 0 fully saturated rings. The van der Waals surface area contributed by atoms with Crippen molar-refractivity contribution in [2.45, 2.75) is 13.3 Å². The summed E-state index contributed by atoms with van der Waals surface area (Å²) in [5, 5.41) is 7.37. The van der Waals surface area contributed by atoms with Crippen molar-refractivity contribution in [2.75, 3.05) is 37.9 Å². The molecule has 0 saturated heterocycles. The van der Waals surface area contributed by atoms with Gasteiger partial charge in [0.15, 0.2) is 0 Å². The Morgan fingerprint density at radius 1 is 1.39 bits per heavy atom. The maximum absolute atomic E-state index is 5.04. The van der Waals surface area contributed by atoms with Gasteiger partial charge in [0.25, 0.3) is 0 Å². The molecule has 0 atom stereocenters. The van der Waals surface area contributed by atoms with Gasteiger partial charge in [-0.2, -0.15) is 4.98 Å². The van der Waals surface area contributed by atoms with E-state index in [1.54, 1.807) is 18.4 Å². The van der Waals surface area contributed by atoms with Crippen LogP contribution in [0.4, 0.5) is 11.8 Å². The first-order valence-electron chi connectivity index (χ1n) is 5.99. The second-order valence-corrected chi connectivity index (χ2v) is 4.97. The fourth-order valence-electron chi connectivity index (χ4n) is 1.66. The lowest BCUT2D eigenvalue weighted by atomic mass is 10.3. The van der Waals surface area contributed by atoms with Gasteiger partial charge in [0.05, 0.1) is 12.0 Å². The van der Waals surface area contributed by atoms with Crippen LogP contribution in [0.15, 0.2) is 6.07 Å². The number of ether oxygens (including phenoxy) is 1. The van der Waals surface area contributed by atoms with Crippen LogP contribution < -0.4 is 10.6 Å². The molecule has 6 heteroatoms. The molecule has 0 aliphatic carbocycles. The van der Waals surface area contributed by atoms with Crippen molar-refractivity contribution in [1.82, 2.24) is 9.97 Å². The molecule has 98 valence electrons. The molecule has 0 bridgehead atoms. The van der Waals surface area contributed by atoms with Gasteiger partial charge in [-0.15, -0.1) is 11.3 Å².